The van der Waals surface area contributed by atoms with Crippen LogP contribution in [-0.4, -0.2) is 68.6 Å². The van der Waals surface area contributed by atoms with Gasteiger partial charge in [-0.15, -0.1) is 0 Å². The molecule has 0 spiro atoms. The Morgan fingerprint density at radius 1 is 1.08 bits per heavy atom. The summed E-state index contributed by atoms with van der Waals surface area (Å²) in [7, 11) is -3.18. The van der Waals surface area contributed by atoms with Gasteiger partial charge in [-0.25, -0.2) is 12.7 Å². The van der Waals surface area contributed by atoms with Gasteiger partial charge in [-0.1, -0.05) is 12.8 Å². The van der Waals surface area contributed by atoms with E-state index in [1.165, 1.54) is 43.1 Å². The van der Waals surface area contributed by atoms with E-state index in [-0.39, 0.29) is 17.6 Å². The number of piperidine rings is 1. The maximum atomic E-state index is 12.3. The molecule has 1 N–H and O–H groups in total. The maximum Gasteiger partial charge on any atom is 0.224 e. The Bertz CT molecular complexity index is 487. The van der Waals surface area contributed by atoms with Crippen molar-refractivity contribution in [3.05, 3.63) is 0 Å². The average Bonchev–Trinajstić information content (AvgIpc) is 2.87. The molecule has 2 rings (SSSR count). The summed E-state index contributed by atoms with van der Waals surface area (Å²) in [6, 6.07) is 0. The average molecular weight is 360 g/mol. The molecule has 0 saturated carbocycles. The van der Waals surface area contributed by atoms with E-state index in [0.717, 1.165) is 25.8 Å². The highest BCUT2D eigenvalue weighted by Crippen LogP contribution is 2.19. The van der Waals surface area contributed by atoms with Gasteiger partial charge in [0.05, 0.1) is 11.7 Å². The first-order valence-electron chi connectivity index (χ1n) is 9.51. The molecule has 0 aromatic rings. The minimum atomic E-state index is -3.18. The zero-order valence-corrected chi connectivity index (χ0v) is 15.8. The predicted molar refractivity (Wildman–Crippen MR) is 96.3 cm³/mol. The summed E-state index contributed by atoms with van der Waals surface area (Å²) >= 11 is 0. The van der Waals surface area contributed by atoms with Crippen LogP contribution >= 0.6 is 0 Å². The number of hydrogen-bond donors (Lipinski definition) is 1. The lowest BCUT2D eigenvalue weighted by Gasteiger charge is -2.31. The van der Waals surface area contributed by atoms with Gasteiger partial charge >= 0.3 is 0 Å². The van der Waals surface area contributed by atoms with Crippen molar-refractivity contribution in [2.75, 3.05) is 45.0 Å². The van der Waals surface area contributed by atoms with Gasteiger partial charge in [0.25, 0.3) is 0 Å². The molecule has 140 valence electrons. The summed E-state index contributed by atoms with van der Waals surface area (Å²) in [5.74, 6) is -0.0721. The molecule has 1 amide bonds. The Balaban J connectivity index is 1.68. The van der Waals surface area contributed by atoms with E-state index in [0.29, 0.717) is 19.6 Å². The van der Waals surface area contributed by atoms with Crippen LogP contribution in [0.2, 0.25) is 0 Å². The summed E-state index contributed by atoms with van der Waals surface area (Å²) < 4.78 is 25.4. The van der Waals surface area contributed by atoms with Crippen molar-refractivity contribution in [1.29, 1.82) is 0 Å². The SMILES string of the molecule is CCS(=O)(=O)N1CCC[C@@H](C(=O)NCCCN2CCCCCC2)C1. The minimum absolute atomic E-state index is 0.0156. The Labute approximate surface area is 147 Å². The first-order valence-corrected chi connectivity index (χ1v) is 11.1. The topological polar surface area (TPSA) is 69.7 Å². The standard InChI is InChI=1S/C17H33N3O3S/c1-2-24(22,23)20-14-7-9-16(15-20)17(21)18-10-8-13-19-11-5-3-4-6-12-19/h16H,2-15H2,1H3,(H,18,21)/t16-/m1/s1. The van der Waals surface area contributed by atoms with Crippen molar-refractivity contribution >= 4 is 15.9 Å². The molecule has 2 aliphatic rings. The van der Waals surface area contributed by atoms with Crippen LogP contribution in [0, 0.1) is 5.92 Å². The molecule has 7 heteroatoms. The molecule has 0 bridgehead atoms. The van der Waals surface area contributed by atoms with E-state index in [1.54, 1.807) is 6.92 Å². The number of nitrogens with zero attached hydrogens (tertiary/aromatic N) is 2. The number of likely N-dealkylation sites (tertiary alicyclic amines) is 1. The fourth-order valence-corrected chi connectivity index (χ4v) is 4.79. The van der Waals surface area contributed by atoms with Crippen molar-refractivity contribution < 1.29 is 13.2 Å². The third-order valence-electron chi connectivity index (χ3n) is 5.16. The van der Waals surface area contributed by atoms with Gasteiger partial charge < -0.3 is 10.2 Å². The molecular formula is C17H33N3O3S. The van der Waals surface area contributed by atoms with Gasteiger partial charge in [-0.05, 0) is 58.7 Å². The molecule has 2 saturated heterocycles. The highest BCUT2D eigenvalue weighted by molar-refractivity contribution is 7.89. The zero-order valence-electron chi connectivity index (χ0n) is 15.0. The lowest BCUT2D eigenvalue weighted by Crippen LogP contribution is -2.46. The van der Waals surface area contributed by atoms with Crippen molar-refractivity contribution in [3.8, 4) is 0 Å². The van der Waals surface area contributed by atoms with Gasteiger partial charge in [-0.3, -0.25) is 4.79 Å². The number of carbonyl (C=O) groups excluding carboxylic acids is 1. The van der Waals surface area contributed by atoms with E-state index in [2.05, 4.69) is 10.2 Å². The lowest BCUT2D eigenvalue weighted by atomic mass is 9.99. The second-order valence-corrected chi connectivity index (χ2v) is 9.26. The van der Waals surface area contributed by atoms with Crippen molar-refractivity contribution in [1.82, 2.24) is 14.5 Å². The molecule has 24 heavy (non-hydrogen) atoms. The maximum absolute atomic E-state index is 12.3. The van der Waals surface area contributed by atoms with Crippen LogP contribution in [0.25, 0.3) is 0 Å². The van der Waals surface area contributed by atoms with E-state index in [4.69, 9.17) is 0 Å². The van der Waals surface area contributed by atoms with Crippen LogP contribution < -0.4 is 5.32 Å². The first-order chi connectivity index (χ1) is 11.5. The van der Waals surface area contributed by atoms with Gasteiger partial charge in [-0.2, -0.15) is 0 Å². The summed E-state index contributed by atoms with van der Waals surface area (Å²) in [5.41, 5.74) is 0. The van der Waals surface area contributed by atoms with Gasteiger partial charge in [0.1, 0.15) is 0 Å². The Morgan fingerprint density at radius 3 is 2.46 bits per heavy atom. The lowest BCUT2D eigenvalue weighted by molar-refractivity contribution is -0.126. The Morgan fingerprint density at radius 2 is 1.79 bits per heavy atom. The molecule has 2 heterocycles. The third kappa shape index (κ3) is 6.01. The fourth-order valence-electron chi connectivity index (χ4n) is 3.61. The van der Waals surface area contributed by atoms with Crippen LogP contribution in [-0.2, 0) is 14.8 Å². The normalized spacial score (nSPS) is 24.5. The number of hydrogen-bond acceptors (Lipinski definition) is 4. The third-order valence-corrected chi connectivity index (χ3v) is 7.01. The van der Waals surface area contributed by atoms with Crippen LogP contribution in [0.15, 0.2) is 0 Å². The van der Waals surface area contributed by atoms with Crippen molar-refractivity contribution in [2.24, 2.45) is 5.92 Å². The first kappa shape index (κ1) is 19.7. The predicted octanol–water partition coefficient (Wildman–Crippen LogP) is 1.43. The summed E-state index contributed by atoms with van der Waals surface area (Å²) in [5, 5.41) is 3.01. The molecule has 2 aliphatic heterocycles. The van der Waals surface area contributed by atoms with Gasteiger partial charge in [0.2, 0.25) is 15.9 Å². The van der Waals surface area contributed by atoms with E-state index in [9.17, 15) is 13.2 Å². The highest BCUT2D eigenvalue weighted by Gasteiger charge is 2.31. The highest BCUT2D eigenvalue weighted by atomic mass is 32.2. The second-order valence-electron chi connectivity index (χ2n) is 7.00. The van der Waals surface area contributed by atoms with Crippen molar-refractivity contribution in [3.63, 3.8) is 0 Å². The van der Waals surface area contributed by atoms with Crippen LogP contribution in [0.1, 0.15) is 51.9 Å². The smallest absolute Gasteiger partial charge is 0.224 e. The molecule has 1 atom stereocenters. The summed E-state index contributed by atoms with van der Waals surface area (Å²) in [4.78, 5) is 14.8. The van der Waals surface area contributed by atoms with Gasteiger partial charge in [0, 0.05) is 19.6 Å². The number of carbonyl (C=O) groups is 1. The number of sulfonamides is 1. The molecule has 0 aliphatic carbocycles. The zero-order chi connectivity index (χ0) is 17.4. The van der Waals surface area contributed by atoms with Crippen LogP contribution in [0.4, 0.5) is 0 Å². The Kier molecular flexibility index (Phi) is 7.97. The summed E-state index contributed by atoms with van der Waals surface area (Å²) in [6.45, 7) is 6.64. The molecule has 0 aromatic heterocycles. The minimum Gasteiger partial charge on any atom is -0.356 e. The molecule has 0 radical (unpaired) electrons. The van der Waals surface area contributed by atoms with E-state index < -0.39 is 10.0 Å². The number of rotatable bonds is 7. The Hall–Kier alpha value is -0.660. The van der Waals surface area contributed by atoms with Crippen LogP contribution in [0.5, 0.6) is 0 Å². The molecule has 0 aromatic carbocycles. The molecule has 2 fully saturated rings. The fraction of sp³-hybridized carbons (Fsp3) is 0.941. The molecular weight excluding hydrogens is 326 g/mol. The number of nitrogens with one attached hydrogen (secondary N) is 1. The van der Waals surface area contributed by atoms with Crippen LogP contribution in [0.3, 0.4) is 0 Å². The van der Waals surface area contributed by atoms with E-state index >= 15 is 0 Å². The monoisotopic (exact) mass is 359 g/mol. The van der Waals surface area contributed by atoms with Crippen molar-refractivity contribution in [2.45, 2.75) is 51.9 Å². The van der Waals surface area contributed by atoms with E-state index in [1.807, 2.05) is 0 Å². The largest absolute Gasteiger partial charge is 0.356 e. The quantitative estimate of drug-likeness (QED) is 0.698. The molecule has 0 unspecified atom stereocenters. The second kappa shape index (κ2) is 9.73. The molecule has 6 nitrogen and oxygen atoms in total. The summed E-state index contributed by atoms with van der Waals surface area (Å²) in [6.07, 6.45) is 7.78. The number of amides is 1. The van der Waals surface area contributed by atoms with Gasteiger partial charge in [0.15, 0.2) is 0 Å².